The molecule has 1 fully saturated rings. The van der Waals surface area contributed by atoms with Crippen molar-refractivity contribution in [2.24, 2.45) is 5.92 Å². The predicted molar refractivity (Wildman–Crippen MR) is 117 cm³/mol. The molecule has 2 aliphatic rings. The van der Waals surface area contributed by atoms with Gasteiger partial charge < -0.3 is 10.2 Å². The fourth-order valence-corrected chi connectivity index (χ4v) is 4.86. The van der Waals surface area contributed by atoms with Gasteiger partial charge in [-0.2, -0.15) is 13.2 Å². The number of amides is 2. The van der Waals surface area contributed by atoms with Gasteiger partial charge in [0.05, 0.1) is 21.8 Å². The number of para-hydroxylation sites is 1. The molecule has 176 valence electrons. The Balaban J connectivity index is 1.37. The smallest absolute Gasteiger partial charge is 0.349 e. The summed E-state index contributed by atoms with van der Waals surface area (Å²) >= 11 is 5.96. The maximum atomic E-state index is 15.0. The minimum Gasteiger partial charge on any atom is -0.349 e. The molecule has 0 bridgehead atoms. The second kappa shape index (κ2) is 8.63. The normalized spacial score (nSPS) is 25.2. The highest BCUT2D eigenvalue weighted by atomic mass is 35.5. The van der Waals surface area contributed by atoms with E-state index in [1.54, 1.807) is 24.3 Å². The summed E-state index contributed by atoms with van der Waals surface area (Å²) in [6.45, 7) is 1.66. The predicted octanol–water partition coefficient (Wildman–Crippen LogP) is 5.88. The van der Waals surface area contributed by atoms with Crippen LogP contribution in [0.15, 0.2) is 42.5 Å². The lowest BCUT2D eigenvalue weighted by molar-refractivity contribution is -0.137. The molecular formula is C24H23ClF4N2O2. The number of rotatable bonds is 4. The van der Waals surface area contributed by atoms with Crippen molar-refractivity contribution in [2.75, 3.05) is 11.4 Å². The maximum Gasteiger partial charge on any atom is 0.416 e. The Morgan fingerprint density at radius 1 is 1.15 bits per heavy atom. The second-order valence-electron chi connectivity index (χ2n) is 8.82. The molecule has 2 aromatic carbocycles. The van der Waals surface area contributed by atoms with Gasteiger partial charge in [-0.25, -0.2) is 4.39 Å². The molecular weight excluding hydrogens is 460 g/mol. The summed E-state index contributed by atoms with van der Waals surface area (Å²) < 4.78 is 53.9. The van der Waals surface area contributed by atoms with E-state index >= 15 is 0 Å². The van der Waals surface area contributed by atoms with Gasteiger partial charge in [-0.3, -0.25) is 9.59 Å². The van der Waals surface area contributed by atoms with Crippen LogP contribution in [0.5, 0.6) is 0 Å². The van der Waals surface area contributed by atoms with E-state index in [2.05, 4.69) is 5.32 Å². The molecule has 1 N–H and O–H groups in total. The Bertz CT molecular complexity index is 1080. The Hall–Kier alpha value is -2.61. The van der Waals surface area contributed by atoms with Gasteiger partial charge in [-0.15, -0.1) is 0 Å². The minimum atomic E-state index is -4.57. The molecule has 2 amide bonds. The number of carbonyl (C=O) groups is 2. The number of halogens is 5. The topological polar surface area (TPSA) is 49.4 Å². The Morgan fingerprint density at radius 2 is 1.82 bits per heavy atom. The number of nitrogens with one attached hydrogen (secondary N) is 1. The van der Waals surface area contributed by atoms with Crippen molar-refractivity contribution in [1.82, 2.24) is 5.32 Å². The first-order valence-corrected chi connectivity index (χ1v) is 11.1. The Labute approximate surface area is 193 Å². The van der Waals surface area contributed by atoms with Crippen molar-refractivity contribution >= 4 is 29.1 Å². The van der Waals surface area contributed by atoms with E-state index < -0.39 is 29.2 Å². The van der Waals surface area contributed by atoms with Crippen molar-refractivity contribution in [3.05, 3.63) is 64.2 Å². The molecule has 1 atom stereocenters. The average molecular weight is 483 g/mol. The second-order valence-corrected chi connectivity index (χ2v) is 9.23. The van der Waals surface area contributed by atoms with Gasteiger partial charge in [-0.1, -0.05) is 29.8 Å². The number of benzene rings is 2. The quantitative estimate of drug-likeness (QED) is 0.553. The van der Waals surface area contributed by atoms with E-state index in [1.807, 2.05) is 0 Å². The molecule has 1 saturated carbocycles. The molecule has 4 rings (SSSR count). The molecule has 0 aromatic heterocycles. The lowest BCUT2D eigenvalue weighted by Crippen LogP contribution is -2.42. The van der Waals surface area contributed by atoms with Crippen LogP contribution in [0.25, 0.3) is 0 Å². The van der Waals surface area contributed by atoms with Gasteiger partial charge in [0.25, 0.3) is 11.8 Å². The summed E-state index contributed by atoms with van der Waals surface area (Å²) in [4.78, 5) is 26.7. The third-order valence-electron chi connectivity index (χ3n) is 6.51. The highest BCUT2D eigenvalue weighted by Crippen LogP contribution is 2.43. The van der Waals surface area contributed by atoms with Crippen LogP contribution >= 0.6 is 11.6 Å². The first-order valence-electron chi connectivity index (χ1n) is 10.8. The van der Waals surface area contributed by atoms with E-state index in [0.29, 0.717) is 43.5 Å². The summed E-state index contributed by atoms with van der Waals surface area (Å²) in [5.41, 5.74) is -2.24. The van der Waals surface area contributed by atoms with Crippen LogP contribution in [0.1, 0.15) is 54.1 Å². The summed E-state index contributed by atoms with van der Waals surface area (Å²) in [6, 6.07) is 9.29. The van der Waals surface area contributed by atoms with E-state index in [4.69, 9.17) is 11.6 Å². The number of nitrogens with zero attached hydrogens (tertiary/aromatic N) is 1. The van der Waals surface area contributed by atoms with Gasteiger partial charge in [0.2, 0.25) is 5.67 Å². The Kier molecular flexibility index (Phi) is 6.16. The van der Waals surface area contributed by atoms with Crippen LogP contribution in [0, 0.1) is 5.92 Å². The standard InChI is InChI=1S/C24H23ClF4N2O2/c1-23(26)18-4-2-3-5-20(18)31(22(23)33)13-14-6-9-16(10-7-14)30-21(32)17-12-15(24(27,28)29)8-11-19(17)25/h2-5,8,11-12,14,16H,6-7,9-10,13H2,1H3,(H,30,32)/t14?,16?,23-/m0/s1. The fraction of sp³-hybridized carbons (Fsp3) is 0.417. The lowest BCUT2D eigenvalue weighted by Gasteiger charge is -2.32. The van der Waals surface area contributed by atoms with Crippen LogP contribution in [0.4, 0.5) is 23.2 Å². The zero-order valence-corrected chi connectivity index (χ0v) is 18.6. The summed E-state index contributed by atoms with van der Waals surface area (Å²) in [7, 11) is 0. The maximum absolute atomic E-state index is 15.0. The molecule has 1 aliphatic carbocycles. The van der Waals surface area contributed by atoms with Crippen molar-refractivity contribution in [1.29, 1.82) is 0 Å². The molecule has 2 aromatic rings. The zero-order valence-electron chi connectivity index (χ0n) is 17.9. The number of alkyl halides is 4. The van der Waals surface area contributed by atoms with Crippen LogP contribution in [-0.2, 0) is 16.6 Å². The van der Waals surface area contributed by atoms with Crippen LogP contribution in [-0.4, -0.2) is 24.4 Å². The number of fused-ring (bicyclic) bond motifs is 1. The van der Waals surface area contributed by atoms with Crippen molar-refractivity contribution in [3.8, 4) is 0 Å². The fourth-order valence-electron chi connectivity index (χ4n) is 4.65. The van der Waals surface area contributed by atoms with Gasteiger partial charge in [0, 0.05) is 18.2 Å². The van der Waals surface area contributed by atoms with Gasteiger partial charge >= 0.3 is 6.18 Å². The van der Waals surface area contributed by atoms with Gasteiger partial charge in [0.1, 0.15) is 0 Å². The van der Waals surface area contributed by atoms with Crippen LogP contribution in [0.3, 0.4) is 0 Å². The van der Waals surface area contributed by atoms with Gasteiger partial charge in [0.15, 0.2) is 0 Å². The summed E-state index contributed by atoms with van der Waals surface area (Å²) in [5.74, 6) is -1.09. The monoisotopic (exact) mass is 482 g/mol. The van der Waals surface area contributed by atoms with Crippen LogP contribution in [0.2, 0.25) is 5.02 Å². The average Bonchev–Trinajstić information content (AvgIpc) is 2.95. The molecule has 0 saturated heterocycles. The molecule has 33 heavy (non-hydrogen) atoms. The van der Waals surface area contributed by atoms with Gasteiger partial charge in [-0.05, 0) is 62.8 Å². The molecule has 9 heteroatoms. The third-order valence-corrected chi connectivity index (χ3v) is 6.84. The number of hydrogen-bond acceptors (Lipinski definition) is 2. The van der Waals surface area contributed by atoms with Crippen LogP contribution < -0.4 is 10.2 Å². The highest BCUT2D eigenvalue weighted by Gasteiger charge is 2.48. The largest absolute Gasteiger partial charge is 0.416 e. The Morgan fingerprint density at radius 3 is 2.48 bits per heavy atom. The number of anilines is 1. The third kappa shape index (κ3) is 4.58. The van der Waals surface area contributed by atoms with Crippen molar-refractivity contribution in [2.45, 2.75) is 50.5 Å². The molecule has 0 unspecified atom stereocenters. The molecule has 0 radical (unpaired) electrons. The van der Waals surface area contributed by atoms with Crippen molar-refractivity contribution < 1.29 is 27.2 Å². The minimum absolute atomic E-state index is 0.0466. The zero-order chi connectivity index (χ0) is 24.0. The molecule has 0 spiro atoms. The van der Waals surface area contributed by atoms with E-state index in [0.717, 1.165) is 18.2 Å². The van der Waals surface area contributed by atoms with E-state index in [1.165, 1.54) is 11.8 Å². The highest BCUT2D eigenvalue weighted by molar-refractivity contribution is 6.33. The SMILES string of the molecule is C[C@@]1(F)C(=O)N(CC2CCC(NC(=O)c3cc(C(F)(F)F)ccc3Cl)CC2)c2ccccc21. The molecule has 1 heterocycles. The summed E-state index contributed by atoms with van der Waals surface area (Å²) in [5, 5.41) is 2.73. The lowest BCUT2D eigenvalue weighted by atomic mass is 9.85. The number of carbonyl (C=O) groups excluding carboxylic acids is 2. The van der Waals surface area contributed by atoms with Crippen molar-refractivity contribution in [3.63, 3.8) is 0 Å². The molecule has 1 aliphatic heterocycles. The first-order chi connectivity index (χ1) is 15.5. The molecule has 4 nitrogen and oxygen atoms in total. The van der Waals surface area contributed by atoms with E-state index in [9.17, 15) is 27.2 Å². The summed E-state index contributed by atoms with van der Waals surface area (Å²) in [6.07, 6.45) is -1.99. The first kappa shape index (κ1) is 23.5. The number of hydrogen-bond donors (Lipinski definition) is 1. The van der Waals surface area contributed by atoms with E-state index in [-0.39, 0.29) is 22.5 Å².